The second-order valence-corrected chi connectivity index (χ2v) is 7.08. The zero-order valence-corrected chi connectivity index (χ0v) is 15.8. The number of anilines is 2. The molecular formula is C20H26N4O2. The fraction of sp³-hybridized carbons (Fsp3) is 0.450. The largest absolute Gasteiger partial charge is 0.321 e. The Morgan fingerprint density at radius 2 is 2.12 bits per heavy atom. The van der Waals surface area contributed by atoms with E-state index in [0.717, 1.165) is 17.8 Å². The molecule has 1 aliphatic heterocycles. The van der Waals surface area contributed by atoms with Gasteiger partial charge in [0, 0.05) is 30.4 Å². The van der Waals surface area contributed by atoms with E-state index in [9.17, 15) is 9.59 Å². The molecule has 2 amide bonds. The van der Waals surface area contributed by atoms with Crippen LogP contribution >= 0.6 is 0 Å². The van der Waals surface area contributed by atoms with Crippen molar-refractivity contribution in [2.45, 2.75) is 59.0 Å². The molecule has 1 unspecified atom stereocenters. The molecule has 2 aromatic rings. The molecule has 138 valence electrons. The van der Waals surface area contributed by atoms with Crippen LogP contribution in [0.3, 0.4) is 0 Å². The highest BCUT2D eigenvalue weighted by Gasteiger charge is 2.28. The van der Waals surface area contributed by atoms with Crippen LogP contribution in [-0.2, 0) is 11.3 Å². The summed E-state index contributed by atoms with van der Waals surface area (Å²) in [5.74, 6) is 0.205. The summed E-state index contributed by atoms with van der Waals surface area (Å²) in [7, 11) is 0. The van der Waals surface area contributed by atoms with Crippen LogP contribution in [0.25, 0.3) is 0 Å². The molecule has 0 bridgehead atoms. The van der Waals surface area contributed by atoms with Crippen LogP contribution in [0.2, 0.25) is 0 Å². The molecule has 0 radical (unpaired) electrons. The van der Waals surface area contributed by atoms with Crippen molar-refractivity contribution in [1.82, 2.24) is 9.78 Å². The van der Waals surface area contributed by atoms with E-state index >= 15 is 0 Å². The van der Waals surface area contributed by atoms with Crippen molar-refractivity contribution >= 4 is 23.2 Å². The summed E-state index contributed by atoms with van der Waals surface area (Å²) in [5.41, 5.74) is 2.95. The molecule has 0 spiro atoms. The predicted octanol–water partition coefficient (Wildman–Crippen LogP) is 3.79. The topological polar surface area (TPSA) is 67.2 Å². The molecule has 2 heterocycles. The molecule has 3 rings (SSSR count). The molecule has 1 aromatic heterocycles. The smallest absolute Gasteiger partial charge is 0.273 e. The van der Waals surface area contributed by atoms with Gasteiger partial charge in [-0.25, -0.2) is 0 Å². The number of amides is 2. The van der Waals surface area contributed by atoms with E-state index in [-0.39, 0.29) is 23.8 Å². The monoisotopic (exact) mass is 354 g/mol. The highest BCUT2D eigenvalue weighted by molar-refractivity contribution is 6.04. The molecule has 1 atom stereocenters. The number of nitrogens with zero attached hydrogens (tertiary/aromatic N) is 3. The van der Waals surface area contributed by atoms with Crippen LogP contribution in [0.4, 0.5) is 11.4 Å². The lowest BCUT2D eigenvalue weighted by Crippen LogP contribution is -2.30. The molecule has 0 saturated carbocycles. The SMILES string of the molecule is CCn1nc(C(C)C)cc1C(=O)Nc1cccc(N2C(=O)CCC2C)c1. The molecule has 1 aromatic carbocycles. The van der Waals surface area contributed by atoms with E-state index in [1.54, 1.807) is 4.68 Å². The highest BCUT2D eigenvalue weighted by Crippen LogP contribution is 2.28. The quantitative estimate of drug-likeness (QED) is 0.888. The van der Waals surface area contributed by atoms with Crippen molar-refractivity contribution in [1.29, 1.82) is 0 Å². The van der Waals surface area contributed by atoms with Crippen molar-refractivity contribution < 1.29 is 9.59 Å². The van der Waals surface area contributed by atoms with Gasteiger partial charge in [-0.1, -0.05) is 19.9 Å². The summed E-state index contributed by atoms with van der Waals surface area (Å²) in [6, 6.07) is 9.49. The fourth-order valence-corrected chi connectivity index (χ4v) is 3.30. The first kappa shape index (κ1) is 18.2. The number of hydrogen-bond acceptors (Lipinski definition) is 3. The average molecular weight is 354 g/mol. The van der Waals surface area contributed by atoms with Crippen LogP contribution < -0.4 is 10.2 Å². The van der Waals surface area contributed by atoms with E-state index < -0.39 is 0 Å². The Morgan fingerprint density at radius 1 is 1.35 bits per heavy atom. The zero-order valence-electron chi connectivity index (χ0n) is 15.8. The molecular weight excluding hydrogens is 328 g/mol. The van der Waals surface area contributed by atoms with E-state index in [1.807, 2.05) is 49.1 Å². The van der Waals surface area contributed by atoms with Gasteiger partial charge >= 0.3 is 0 Å². The minimum Gasteiger partial charge on any atom is -0.321 e. The van der Waals surface area contributed by atoms with E-state index in [4.69, 9.17) is 0 Å². The van der Waals surface area contributed by atoms with Gasteiger partial charge in [-0.3, -0.25) is 14.3 Å². The number of aromatic nitrogens is 2. The number of carbonyl (C=O) groups is 2. The highest BCUT2D eigenvalue weighted by atomic mass is 16.2. The normalized spacial score (nSPS) is 17.2. The minimum atomic E-state index is -0.191. The van der Waals surface area contributed by atoms with Crippen molar-refractivity contribution in [3.8, 4) is 0 Å². The Bertz CT molecular complexity index is 825. The Hall–Kier alpha value is -2.63. The van der Waals surface area contributed by atoms with Gasteiger partial charge in [-0.05, 0) is 50.5 Å². The van der Waals surface area contributed by atoms with Crippen molar-refractivity contribution in [2.24, 2.45) is 0 Å². The lowest BCUT2D eigenvalue weighted by Gasteiger charge is -2.22. The fourth-order valence-electron chi connectivity index (χ4n) is 3.30. The maximum Gasteiger partial charge on any atom is 0.273 e. The zero-order chi connectivity index (χ0) is 18.8. The Kier molecular flexibility index (Phi) is 5.11. The van der Waals surface area contributed by atoms with Gasteiger partial charge in [-0.15, -0.1) is 0 Å². The molecule has 1 fully saturated rings. The number of hydrogen-bond donors (Lipinski definition) is 1. The summed E-state index contributed by atoms with van der Waals surface area (Å²) in [5, 5.41) is 7.44. The second kappa shape index (κ2) is 7.32. The molecule has 6 heteroatoms. The van der Waals surface area contributed by atoms with Crippen LogP contribution in [0, 0.1) is 0 Å². The molecule has 1 N–H and O–H groups in total. The third-order valence-electron chi connectivity index (χ3n) is 4.79. The Labute approximate surface area is 154 Å². The molecule has 1 aliphatic rings. The van der Waals surface area contributed by atoms with Gasteiger partial charge in [0.2, 0.25) is 5.91 Å². The molecule has 6 nitrogen and oxygen atoms in total. The lowest BCUT2D eigenvalue weighted by molar-refractivity contribution is -0.117. The number of carbonyl (C=O) groups excluding carboxylic acids is 2. The van der Waals surface area contributed by atoms with E-state index in [2.05, 4.69) is 24.3 Å². The van der Waals surface area contributed by atoms with Gasteiger partial charge in [0.15, 0.2) is 0 Å². The van der Waals surface area contributed by atoms with Crippen molar-refractivity contribution in [3.05, 3.63) is 41.7 Å². The second-order valence-electron chi connectivity index (χ2n) is 7.08. The average Bonchev–Trinajstić information content (AvgIpc) is 3.18. The van der Waals surface area contributed by atoms with Crippen LogP contribution in [0.15, 0.2) is 30.3 Å². The first-order chi connectivity index (χ1) is 12.4. The summed E-state index contributed by atoms with van der Waals surface area (Å²) < 4.78 is 1.72. The van der Waals surface area contributed by atoms with E-state index in [0.29, 0.717) is 24.3 Å². The first-order valence-corrected chi connectivity index (χ1v) is 9.22. The van der Waals surface area contributed by atoms with Gasteiger partial charge in [0.05, 0.1) is 5.69 Å². The number of nitrogens with one attached hydrogen (secondary N) is 1. The lowest BCUT2D eigenvalue weighted by atomic mass is 10.1. The molecule has 26 heavy (non-hydrogen) atoms. The van der Waals surface area contributed by atoms with Crippen LogP contribution in [0.5, 0.6) is 0 Å². The maximum absolute atomic E-state index is 12.7. The summed E-state index contributed by atoms with van der Waals surface area (Å²) in [4.78, 5) is 26.7. The summed E-state index contributed by atoms with van der Waals surface area (Å²) in [6.07, 6.45) is 1.44. The van der Waals surface area contributed by atoms with Gasteiger partial charge in [-0.2, -0.15) is 5.10 Å². The third-order valence-corrected chi connectivity index (χ3v) is 4.79. The third kappa shape index (κ3) is 3.49. The number of benzene rings is 1. The van der Waals surface area contributed by atoms with E-state index in [1.165, 1.54) is 0 Å². The summed E-state index contributed by atoms with van der Waals surface area (Å²) in [6.45, 7) is 8.76. The van der Waals surface area contributed by atoms with Gasteiger partial charge in [0.1, 0.15) is 5.69 Å². The maximum atomic E-state index is 12.7. The molecule has 1 saturated heterocycles. The number of aryl methyl sites for hydroxylation is 1. The minimum absolute atomic E-state index is 0.131. The predicted molar refractivity (Wildman–Crippen MR) is 103 cm³/mol. The van der Waals surface area contributed by atoms with Crippen LogP contribution in [-0.4, -0.2) is 27.6 Å². The van der Waals surface area contributed by atoms with Gasteiger partial charge in [0.25, 0.3) is 5.91 Å². The first-order valence-electron chi connectivity index (χ1n) is 9.22. The van der Waals surface area contributed by atoms with Crippen molar-refractivity contribution in [3.63, 3.8) is 0 Å². The Balaban J connectivity index is 1.82. The van der Waals surface area contributed by atoms with Gasteiger partial charge < -0.3 is 10.2 Å². The Morgan fingerprint density at radius 3 is 2.73 bits per heavy atom. The van der Waals surface area contributed by atoms with Crippen molar-refractivity contribution in [2.75, 3.05) is 10.2 Å². The van der Waals surface area contributed by atoms with Crippen LogP contribution in [0.1, 0.15) is 62.6 Å². The molecule has 0 aliphatic carbocycles. The number of rotatable bonds is 5. The standard InChI is InChI=1S/C20H26N4O2/c1-5-23-18(12-17(22-23)13(2)3)20(26)21-15-7-6-8-16(11-15)24-14(4)9-10-19(24)25/h6-8,11-14H,5,9-10H2,1-4H3,(H,21,26). The summed E-state index contributed by atoms with van der Waals surface area (Å²) >= 11 is 0.